The molecule has 1 aliphatic heterocycles. The fourth-order valence-corrected chi connectivity index (χ4v) is 4.47. The molecule has 1 saturated heterocycles. The minimum atomic E-state index is -0.410. The first kappa shape index (κ1) is 20.0. The van der Waals surface area contributed by atoms with E-state index in [9.17, 15) is 9.59 Å². The van der Waals surface area contributed by atoms with Gasteiger partial charge in [0, 0.05) is 29.2 Å². The molecular weight excluding hydrogens is 396 g/mol. The molecule has 0 aliphatic carbocycles. The Bertz CT molecular complexity index is 1160. The van der Waals surface area contributed by atoms with Gasteiger partial charge in [-0.3, -0.25) is 14.5 Å². The Morgan fingerprint density at radius 3 is 2.60 bits per heavy atom. The zero-order valence-corrected chi connectivity index (χ0v) is 17.4. The SMILES string of the molecule is CCCN1C(=O)C(=Cc2cn(CC(N)=O)c3ccccc23)SC1=Nc1ccccc1. The maximum absolute atomic E-state index is 13.1. The summed E-state index contributed by atoms with van der Waals surface area (Å²) in [7, 11) is 0. The lowest BCUT2D eigenvalue weighted by Crippen LogP contribution is -2.29. The second-order valence-corrected chi connectivity index (χ2v) is 8.00. The molecule has 2 amide bonds. The van der Waals surface area contributed by atoms with Gasteiger partial charge in [0.2, 0.25) is 5.91 Å². The van der Waals surface area contributed by atoms with Crippen LogP contribution in [0.1, 0.15) is 18.9 Å². The largest absolute Gasteiger partial charge is 0.368 e. The van der Waals surface area contributed by atoms with Crippen LogP contribution in [0.5, 0.6) is 0 Å². The number of primary amides is 1. The fraction of sp³-hybridized carbons (Fsp3) is 0.174. The normalized spacial score (nSPS) is 16.8. The van der Waals surface area contributed by atoms with Gasteiger partial charge in [-0.2, -0.15) is 0 Å². The molecule has 1 aliphatic rings. The predicted octanol–water partition coefficient (Wildman–Crippen LogP) is 4.14. The molecule has 7 heteroatoms. The molecule has 30 heavy (non-hydrogen) atoms. The molecule has 0 atom stereocenters. The number of thioether (sulfide) groups is 1. The van der Waals surface area contributed by atoms with Crippen molar-refractivity contribution in [2.45, 2.75) is 19.9 Å². The number of aliphatic imine (C=N–C) groups is 1. The Morgan fingerprint density at radius 2 is 1.87 bits per heavy atom. The van der Waals surface area contributed by atoms with E-state index < -0.39 is 5.91 Å². The Kier molecular flexibility index (Phi) is 5.72. The minimum Gasteiger partial charge on any atom is -0.368 e. The number of amides is 2. The van der Waals surface area contributed by atoms with Crippen molar-refractivity contribution in [3.63, 3.8) is 0 Å². The third-order valence-electron chi connectivity index (χ3n) is 4.75. The fourth-order valence-electron chi connectivity index (χ4n) is 3.46. The summed E-state index contributed by atoms with van der Waals surface area (Å²) in [5.74, 6) is -0.462. The van der Waals surface area contributed by atoms with Gasteiger partial charge in [-0.25, -0.2) is 4.99 Å². The van der Waals surface area contributed by atoms with E-state index in [4.69, 9.17) is 5.73 Å². The molecule has 0 bridgehead atoms. The molecule has 2 N–H and O–H groups in total. The highest BCUT2D eigenvalue weighted by molar-refractivity contribution is 8.18. The minimum absolute atomic E-state index is 0.0525. The summed E-state index contributed by atoms with van der Waals surface area (Å²) in [6.07, 6.45) is 4.58. The first-order valence-corrected chi connectivity index (χ1v) is 10.6. The van der Waals surface area contributed by atoms with Crippen molar-refractivity contribution < 1.29 is 9.59 Å². The van der Waals surface area contributed by atoms with Crippen molar-refractivity contribution in [3.8, 4) is 0 Å². The standard InChI is InChI=1S/C23H22N4O2S/c1-2-12-27-22(29)20(30-23(27)25-17-8-4-3-5-9-17)13-16-14-26(15-21(24)28)19-11-7-6-10-18(16)19/h3-11,13-14H,2,12,15H2,1H3,(H2,24,28). The molecule has 0 saturated carbocycles. The van der Waals surface area contributed by atoms with Crippen LogP contribution < -0.4 is 5.73 Å². The van der Waals surface area contributed by atoms with Crippen LogP contribution in [0.4, 0.5) is 5.69 Å². The maximum Gasteiger partial charge on any atom is 0.266 e. The molecule has 1 fully saturated rings. The lowest BCUT2D eigenvalue weighted by atomic mass is 10.1. The summed E-state index contributed by atoms with van der Waals surface area (Å²) >= 11 is 1.37. The van der Waals surface area contributed by atoms with Crippen molar-refractivity contribution in [3.05, 3.63) is 71.3 Å². The molecule has 0 radical (unpaired) electrons. The molecule has 4 rings (SSSR count). The van der Waals surface area contributed by atoms with Crippen LogP contribution in [0.25, 0.3) is 17.0 Å². The molecule has 3 aromatic rings. The summed E-state index contributed by atoms with van der Waals surface area (Å²) in [4.78, 5) is 31.6. The second kappa shape index (κ2) is 8.59. The number of carbonyl (C=O) groups is 2. The van der Waals surface area contributed by atoms with Gasteiger partial charge in [-0.15, -0.1) is 0 Å². The Balaban J connectivity index is 1.74. The van der Waals surface area contributed by atoms with Crippen molar-refractivity contribution in [1.82, 2.24) is 9.47 Å². The number of carbonyl (C=O) groups excluding carboxylic acids is 2. The number of amidine groups is 1. The van der Waals surface area contributed by atoms with Crippen LogP contribution in [0.2, 0.25) is 0 Å². The van der Waals surface area contributed by atoms with Crippen molar-refractivity contribution >= 4 is 51.4 Å². The number of rotatable bonds is 6. The molecular formula is C23H22N4O2S. The summed E-state index contributed by atoms with van der Waals surface area (Å²) in [6.45, 7) is 2.74. The number of hydrogen-bond donors (Lipinski definition) is 1. The van der Waals surface area contributed by atoms with Crippen LogP contribution in [-0.2, 0) is 16.1 Å². The average molecular weight is 419 g/mol. The van der Waals surface area contributed by atoms with Gasteiger partial charge in [0.05, 0.1) is 10.6 Å². The molecule has 2 aromatic carbocycles. The number of nitrogens with two attached hydrogens (primary N) is 1. The van der Waals surface area contributed by atoms with Gasteiger partial charge < -0.3 is 10.3 Å². The van der Waals surface area contributed by atoms with Crippen molar-refractivity contribution in [2.24, 2.45) is 10.7 Å². The van der Waals surface area contributed by atoms with E-state index in [1.165, 1.54) is 11.8 Å². The first-order chi connectivity index (χ1) is 14.6. The molecule has 152 valence electrons. The zero-order valence-electron chi connectivity index (χ0n) is 16.6. The van der Waals surface area contributed by atoms with Crippen LogP contribution in [0, 0.1) is 0 Å². The summed E-state index contributed by atoms with van der Waals surface area (Å²) in [6, 6.07) is 17.4. The summed E-state index contributed by atoms with van der Waals surface area (Å²) < 4.78 is 1.82. The highest BCUT2D eigenvalue weighted by Gasteiger charge is 2.33. The Labute approximate surface area is 179 Å². The molecule has 2 heterocycles. The Morgan fingerprint density at radius 1 is 1.13 bits per heavy atom. The van der Waals surface area contributed by atoms with Crippen LogP contribution >= 0.6 is 11.8 Å². The first-order valence-electron chi connectivity index (χ1n) is 9.78. The van der Waals surface area contributed by atoms with E-state index in [-0.39, 0.29) is 12.5 Å². The lowest BCUT2D eigenvalue weighted by molar-refractivity contribution is -0.122. The second-order valence-electron chi connectivity index (χ2n) is 6.99. The van der Waals surface area contributed by atoms with Crippen LogP contribution in [0.3, 0.4) is 0 Å². The van der Waals surface area contributed by atoms with Gasteiger partial charge in [0.1, 0.15) is 6.54 Å². The van der Waals surface area contributed by atoms with E-state index in [1.807, 2.05) is 78.4 Å². The summed E-state index contributed by atoms with van der Waals surface area (Å²) in [5, 5.41) is 1.65. The van der Waals surface area contributed by atoms with Gasteiger partial charge in [0.15, 0.2) is 5.17 Å². The maximum atomic E-state index is 13.1. The van der Waals surface area contributed by atoms with Crippen molar-refractivity contribution in [2.75, 3.05) is 6.54 Å². The zero-order chi connectivity index (χ0) is 21.1. The van der Waals surface area contributed by atoms with Gasteiger partial charge in [-0.1, -0.05) is 43.3 Å². The highest BCUT2D eigenvalue weighted by atomic mass is 32.2. The number of hydrogen-bond acceptors (Lipinski definition) is 4. The molecule has 0 spiro atoms. The van der Waals surface area contributed by atoms with E-state index in [0.717, 1.165) is 28.6 Å². The highest BCUT2D eigenvalue weighted by Crippen LogP contribution is 2.35. The molecule has 6 nitrogen and oxygen atoms in total. The third kappa shape index (κ3) is 4.02. The number of para-hydroxylation sites is 2. The molecule has 0 unspecified atom stereocenters. The predicted molar refractivity (Wildman–Crippen MR) is 122 cm³/mol. The average Bonchev–Trinajstić information content (AvgIpc) is 3.22. The number of fused-ring (bicyclic) bond motifs is 1. The van der Waals surface area contributed by atoms with Gasteiger partial charge >= 0.3 is 0 Å². The monoisotopic (exact) mass is 418 g/mol. The van der Waals surface area contributed by atoms with Crippen LogP contribution in [-0.4, -0.2) is 33.0 Å². The van der Waals surface area contributed by atoms with Gasteiger partial charge in [-0.05, 0) is 42.5 Å². The number of nitrogens with zero attached hydrogens (tertiary/aromatic N) is 3. The van der Waals surface area contributed by atoms with E-state index >= 15 is 0 Å². The van der Waals surface area contributed by atoms with Gasteiger partial charge in [0.25, 0.3) is 5.91 Å². The number of benzene rings is 2. The smallest absolute Gasteiger partial charge is 0.266 e. The lowest BCUT2D eigenvalue weighted by Gasteiger charge is -2.13. The topological polar surface area (TPSA) is 80.7 Å². The number of aromatic nitrogens is 1. The molecule has 1 aromatic heterocycles. The van der Waals surface area contributed by atoms with Crippen LogP contribution in [0.15, 0.2) is 70.7 Å². The van der Waals surface area contributed by atoms with E-state index in [1.54, 1.807) is 4.90 Å². The third-order valence-corrected chi connectivity index (χ3v) is 5.76. The quantitative estimate of drug-likeness (QED) is 0.611. The van der Waals surface area contributed by atoms with E-state index in [0.29, 0.717) is 16.6 Å². The Hall–Kier alpha value is -3.32. The summed E-state index contributed by atoms with van der Waals surface area (Å²) in [5.41, 5.74) is 7.99. The van der Waals surface area contributed by atoms with Crippen molar-refractivity contribution in [1.29, 1.82) is 0 Å². The van der Waals surface area contributed by atoms with E-state index in [2.05, 4.69) is 4.99 Å².